The highest BCUT2D eigenvalue weighted by molar-refractivity contribution is 7.89. The lowest BCUT2D eigenvalue weighted by molar-refractivity contribution is -0.136. The lowest BCUT2D eigenvalue weighted by Gasteiger charge is -2.36. The molecule has 0 saturated carbocycles. The van der Waals surface area contributed by atoms with E-state index in [9.17, 15) is 17.6 Å². The number of amides is 1. The molecule has 0 bridgehead atoms. The molecule has 5 rings (SSSR count). The molecule has 0 spiro atoms. The van der Waals surface area contributed by atoms with Crippen LogP contribution in [0.3, 0.4) is 0 Å². The van der Waals surface area contributed by atoms with E-state index in [-0.39, 0.29) is 10.8 Å². The van der Waals surface area contributed by atoms with Crippen molar-refractivity contribution >= 4 is 37.5 Å². The first-order valence-corrected chi connectivity index (χ1v) is 13.3. The number of nitrogens with zero attached hydrogens (tertiary/aromatic N) is 4. The van der Waals surface area contributed by atoms with Crippen molar-refractivity contribution in [3.63, 3.8) is 0 Å². The Hall–Kier alpha value is -2.40. The highest BCUT2D eigenvalue weighted by Crippen LogP contribution is 2.28. The minimum atomic E-state index is -3.85. The largest absolute Gasteiger partial charge is 0.339 e. The molecule has 2 aliphatic heterocycles. The fraction of sp³-hybridized carbons (Fsp3) is 0.391. The monoisotopic (exact) mass is 488 g/mol. The Labute approximate surface area is 196 Å². The zero-order valence-corrected chi connectivity index (χ0v) is 19.7. The Morgan fingerprint density at radius 3 is 2.48 bits per heavy atom. The van der Waals surface area contributed by atoms with Crippen LogP contribution in [-0.2, 0) is 21.4 Å². The smallest absolute Gasteiger partial charge is 0.243 e. The lowest BCUT2D eigenvalue weighted by atomic mass is 10.2. The van der Waals surface area contributed by atoms with E-state index in [0.29, 0.717) is 32.5 Å². The molecule has 1 atom stereocenters. The third-order valence-electron chi connectivity index (χ3n) is 6.29. The van der Waals surface area contributed by atoms with Crippen molar-refractivity contribution in [2.45, 2.75) is 30.3 Å². The van der Waals surface area contributed by atoms with Gasteiger partial charge in [-0.2, -0.15) is 4.31 Å². The van der Waals surface area contributed by atoms with Crippen LogP contribution in [0.2, 0.25) is 0 Å². The highest BCUT2D eigenvalue weighted by Gasteiger charge is 2.41. The van der Waals surface area contributed by atoms with Crippen molar-refractivity contribution in [3.8, 4) is 0 Å². The molecule has 174 valence electrons. The molecule has 0 aliphatic carbocycles. The summed E-state index contributed by atoms with van der Waals surface area (Å²) in [5.41, 5.74) is 1.01. The predicted octanol–water partition coefficient (Wildman–Crippen LogP) is 2.93. The Bertz CT molecular complexity index is 1220. The lowest BCUT2D eigenvalue weighted by Crippen LogP contribution is -2.54. The Morgan fingerprint density at radius 2 is 1.76 bits per heavy atom. The van der Waals surface area contributed by atoms with Crippen LogP contribution in [0.25, 0.3) is 10.2 Å². The summed E-state index contributed by atoms with van der Waals surface area (Å²) in [5.74, 6) is -0.635. The highest BCUT2D eigenvalue weighted by atomic mass is 32.2. The van der Waals surface area contributed by atoms with Gasteiger partial charge in [-0.05, 0) is 49.2 Å². The molecule has 0 N–H and O–H groups in total. The number of para-hydroxylation sites is 1. The third kappa shape index (κ3) is 4.52. The zero-order chi connectivity index (χ0) is 23.0. The van der Waals surface area contributed by atoms with Gasteiger partial charge in [0, 0.05) is 32.7 Å². The summed E-state index contributed by atoms with van der Waals surface area (Å²) in [5, 5.41) is 1.06. The predicted molar refractivity (Wildman–Crippen MR) is 125 cm³/mol. The topological polar surface area (TPSA) is 73.8 Å². The van der Waals surface area contributed by atoms with Crippen molar-refractivity contribution < 1.29 is 17.6 Å². The van der Waals surface area contributed by atoms with E-state index in [0.717, 1.165) is 42.3 Å². The summed E-state index contributed by atoms with van der Waals surface area (Å²) >= 11 is 1.69. The Morgan fingerprint density at radius 1 is 1.03 bits per heavy atom. The number of thiazole rings is 1. The molecule has 3 aromatic rings. The fourth-order valence-corrected chi connectivity index (χ4v) is 7.19. The maximum atomic E-state index is 13.3. The van der Waals surface area contributed by atoms with Crippen molar-refractivity contribution in [2.75, 3.05) is 32.7 Å². The summed E-state index contributed by atoms with van der Waals surface area (Å²) in [6.07, 6.45) is 1.14. The maximum Gasteiger partial charge on any atom is 0.243 e. The molecular weight excluding hydrogens is 463 g/mol. The first kappa shape index (κ1) is 22.4. The van der Waals surface area contributed by atoms with Gasteiger partial charge in [0.05, 0.1) is 21.7 Å². The molecule has 2 aromatic carbocycles. The number of carbonyl (C=O) groups excluding carboxylic acids is 1. The van der Waals surface area contributed by atoms with Crippen LogP contribution in [0, 0.1) is 5.82 Å². The first-order chi connectivity index (χ1) is 15.9. The average Bonchev–Trinajstić information content (AvgIpc) is 3.47. The molecule has 1 aromatic heterocycles. The van der Waals surface area contributed by atoms with Crippen LogP contribution in [0.15, 0.2) is 53.4 Å². The van der Waals surface area contributed by atoms with Gasteiger partial charge in [0.1, 0.15) is 16.9 Å². The molecular formula is C23H25FN4O3S2. The molecule has 0 radical (unpaired) electrons. The first-order valence-electron chi connectivity index (χ1n) is 11.0. The number of piperazine rings is 1. The van der Waals surface area contributed by atoms with Crippen molar-refractivity contribution in [1.82, 2.24) is 19.1 Å². The van der Waals surface area contributed by atoms with E-state index in [4.69, 9.17) is 4.98 Å². The molecule has 7 nitrogen and oxygen atoms in total. The van der Waals surface area contributed by atoms with Crippen molar-refractivity contribution in [1.29, 1.82) is 0 Å². The number of hydrogen-bond donors (Lipinski definition) is 0. The van der Waals surface area contributed by atoms with Gasteiger partial charge in [-0.3, -0.25) is 9.69 Å². The second kappa shape index (κ2) is 9.09. The van der Waals surface area contributed by atoms with Crippen LogP contribution >= 0.6 is 11.3 Å². The van der Waals surface area contributed by atoms with E-state index in [2.05, 4.69) is 11.0 Å². The van der Waals surface area contributed by atoms with Gasteiger partial charge >= 0.3 is 0 Å². The standard InChI is InChI=1S/C23H25FN4O3S2/c24-17-7-9-18(10-8-17)33(30,31)28-11-3-5-20(28)23(29)27-14-12-26(13-15-27)16-22-25-19-4-1-2-6-21(19)32-22/h1-2,4,6-10,20H,3,5,11-16H2/t20-/m0/s1. The van der Waals surface area contributed by atoms with Crippen LogP contribution in [0.1, 0.15) is 17.8 Å². The van der Waals surface area contributed by atoms with E-state index < -0.39 is 21.9 Å². The normalized spacial score (nSPS) is 20.5. The second-order valence-corrected chi connectivity index (χ2v) is 11.4. The number of fused-ring (bicyclic) bond motifs is 1. The van der Waals surface area contributed by atoms with Gasteiger partial charge in [0.25, 0.3) is 0 Å². The quantitative estimate of drug-likeness (QED) is 0.552. The minimum absolute atomic E-state index is 0.0178. The number of benzene rings is 2. The van der Waals surface area contributed by atoms with E-state index in [1.165, 1.54) is 21.1 Å². The minimum Gasteiger partial charge on any atom is -0.339 e. The molecule has 2 saturated heterocycles. The van der Waals surface area contributed by atoms with E-state index in [1.54, 1.807) is 16.2 Å². The zero-order valence-electron chi connectivity index (χ0n) is 18.1. The molecule has 33 heavy (non-hydrogen) atoms. The van der Waals surface area contributed by atoms with Crippen molar-refractivity contribution in [3.05, 3.63) is 59.4 Å². The van der Waals surface area contributed by atoms with Crippen LogP contribution < -0.4 is 0 Å². The summed E-state index contributed by atoms with van der Waals surface area (Å²) in [7, 11) is -3.85. The van der Waals surface area contributed by atoms with Crippen LogP contribution in [-0.4, -0.2) is 72.2 Å². The molecule has 2 fully saturated rings. The van der Waals surface area contributed by atoms with Crippen LogP contribution in [0.5, 0.6) is 0 Å². The molecule has 10 heteroatoms. The summed E-state index contributed by atoms with van der Waals surface area (Å²) < 4.78 is 41.9. The molecule has 1 amide bonds. The Kier molecular flexibility index (Phi) is 6.17. The van der Waals surface area contributed by atoms with Gasteiger partial charge in [0.15, 0.2) is 0 Å². The van der Waals surface area contributed by atoms with Gasteiger partial charge < -0.3 is 4.90 Å². The number of rotatable bonds is 5. The van der Waals surface area contributed by atoms with Gasteiger partial charge in [0.2, 0.25) is 15.9 Å². The maximum absolute atomic E-state index is 13.3. The number of halogens is 1. The Balaban J connectivity index is 1.22. The van der Waals surface area contributed by atoms with Gasteiger partial charge in [-0.25, -0.2) is 17.8 Å². The third-order valence-corrected chi connectivity index (χ3v) is 9.23. The van der Waals surface area contributed by atoms with E-state index in [1.807, 2.05) is 18.2 Å². The summed E-state index contributed by atoms with van der Waals surface area (Å²) in [6.45, 7) is 3.61. The summed E-state index contributed by atoms with van der Waals surface area (Å²) in [6, 6.07) is 12.2. The van der Waals surface area contributed by atoms with Crippen molar-refractivity contribution in [2.24, 2.45) is 0 Å². The molecule has 0 unspecified atom stereocenters. The number of sulfonamides is 1. The molecule has 3 heterocycles. The summed E-state index contributed by atoms with van der Waals surface area (Å²) in [4.78, 5) is 22.0. The van der Waals surface area contributed by atoms with Gasteiger partial charge in [-0.15, -0.1) is 11.3 Å². The fourth-order valence-electron chi connectivity index (χ4n) is 4.53. The molecule has 2 aliphatic rings. The van der Waals surface area contributed by atoms with E-state index >= 15 is 0 Å². The number of hydrogen-bond acceptors (Lipinski definition) is 6. The average molecular weight is 489 g/mol. The SMILES string of the molecule is O=C([C@@H]1CCCN1S(=O)(=O)c1ccc(F)cc1)N1CCN(Cc2nc3ccccc3s2)CC1. The second-order valence-electron chi connectivity index (χ2n) is 8.40. The van der Waals surface area contributed by atoms with Crippen LogP contribution in [0.4, 0.5) is 4.39 Å². The number of aromatic nitrogens is 1. The number of carbonyl (C=O) groups is 1. The van der Waals surface area contributed by atoms with Gasteiger partial charge in [-0.1, -0.05) is 12.1 Å².